The van der Waals surface area contributed by atoms with Gasteiger partial charge in [-0.05, 0) is 48.5 Å². The van der Waals surface area contributed by atoms with Crippen LogP contribution in [0.25, 0.3) is 17.0 Å². The molecular weight excluding hydrogens is 484 g/mol. The summed E-state index contributed by atoms with van der Waals surface area (Å²) >= 11 is 1.50. The fourth-order valence-electron chi connectivity index (χ4n) is 4.06. The van der Waals surface area contributed by atoms with Gasteiger partial charge in [-0.15, -0.1) is 11.3 Å². The summed E-state index contributed by atoms with van der Waals surface area (Å²) < 4.78 is 4.14. The highest BCUT2D eigenvalue weighted by Gasteiger charge is 2.14. The van der Waals surface area contributed by atoms with Crippen LogP contribution < -0.4 is 16.4 Å². The summed E-state index contributed by atoms with van der Waals surface area (Å²) in [5.41, 5.74) is 12.1. The third-order valence-corrected chi connectivity index (χ3v) is 6.65. The molecule has 0 aliphatic carbocycles. The maximum atomic E-state index is 12.6. The van der Waals surface area contributed by atoms with E-state index in [1.165, 1.54) is 11.3 Å². The number of thiazole rings is 1. The number of nitrogens with two attached hydrogens (primary N) is 1. The molecule has 0 saturated heterocycles. The Morgan fingerprint density at radius 3 is 2.70 bits per heavy atom. The third kappa shape index (κ3) is 4.65. The van der Waals surface area contributed by atoms with Crippen molar-refractivity contribution in [3.05, 3.63) is 108 Å². The fourth-order valence-corrected chi connectivity index (χ4v) is 4.78. The van der Waals surface area contributed by atoms with Crippen LogP contribution in [0.1, 0.15) is 16.1 Å². The Bertz CT molecular complexity index is 1690. The zero-order valence-corrected chi connectivity index (χ0v) is 20.4. The second kappa shape index (κ2) is 9.59. The number of rotatable bonds is 7. The average Bonchev–Trinajstić information content (AvgIpc) is 3.67. The van der Waals surface area contributed by atoms with Crippen molar-refractivity contribution in [3.63, 3.8) is 0 Å². The minimum atomic E-state index is -0.222. The molecule has 0 atom stereocenters. The summed E-state index contributed by atoms with van der Waals surface area (Å²) in [4.78, 5) is 26.1. The van der Waals surface area contributed by atoms with Crippen molar-refractivity contribution in [2.45, 2.75) is 6.54 Å². The molecule has 182 valence electrons. The highest BCUT2D eigenvalue weighted by molar-refractivity contribution is 7.14. The highest BCUT2D eigenvalue weighted by atomic mass is 32.1. The number of benzene rings is 2. The number of carbonyl (C=O) groups is 1. The first kappa shape index (κ1) is 22.5. The molecule has 0 unspecified atom stereocenters. The minimum Gasteiger partial charge on any atom is -0.397 e. The van der Waals surface area contributed by atoms with Crippen molar-refractivity contribution in [1.29, 1.82) is 0 Å². The molecule has 0 aliphatic rings. The van der Waals surface area contributed by atoms with E-state index in [0.29, 0.717) is 23.5 Å². The first-order valence-corrected chi connectivity index (χ1v) is 12.4. The Morgan fingerprint density at radius 2 is 1.89 bits per heavy atom. The molecule has 4 heterocycles. The minimum absolute atomic E-state index is 0.222. The number of pyridine rings is 1. The standard InChI is InChI=1S/C27H22N8OS/c28-21-5-1-2-6-22(21)32-26(36)18-8-10-19(11-9-18)31-27-33-23(16-37-27)24-14-30-25-7-3-4-20(35(24)25)15-34-13-12-29-17-34/h1-14,16-17H,15,28H2,(H,31,33)(H,32,36). The summed E-state index contributed by atoms with van der Waals surface area (Å²) in [6, 6.07) is 20.5. The number of carbonyl (C=O) groups excluding carboxylic acids is 1. The topological polar surface area (TPSA) is 115 Å². The molecule has 37 heavy (non-hydrogen) atoms. The van der Waals surface area contributed by atoms with Crippen LogP contribution in [0, 0.1) is 0 Å². The van der Waals surface area contributed by atoms with Gasteiger partial charge in [0.05, 0.1) is 36.1 Å². The van der Waals surface area contributed by atoms with Crippen LogP contribution in [0.4, 0.5) is 22.2 Å². The number of para-hydroxylation sites is 2. The van der Waals surface area contributed by atoms with Gasteiger partial charge in [0.2, 0.25) is 0 Å². The number of amides is 1. The van der Waals surface area contributed by atoms with Crippen molar-refractivity contribution in [2.75, 3.05) is 16.4 Å². The number of fused-ring (bicyclic) bond motifs is 1. The molecule has 10 heteroatoms. The van der Waals surface area contributed by atoms with E-state index in [2.05, 4.69) is 31.1 Å². The predicted octanol–water partition coefficient (Wildman–Crippen LogP) is 5.28. The fraction of sp³-hybridized carbons (Fsp3) is 0.0370. The molecule has 0 bridgehead atoms. The van der Waals surface area contributed by atoms with E-state index in [0.717, 1.165) is 33.5 Å². The van der Waals surface area contributed by atoms with Crippen molar-refractivity contribution < 1.29 is 4.79 Å². The van der Waals surface area contributed by atoms with Gasteiger partial charge in [-0.2, -0.15) is 0 Å². The molecule has 9 nitrogen and oxygen atoms in total. The van der Waals surface area contributed by atoms with Gasteiger partial charge in [0.15, 0.2) is 5.13 Å². The quantitative estimate of drug-likeness (QED) is 0.254. The van der Waals surface area contributed by atoms with Crippen molar-refractivity contribution >= 4 is 45.1 Å². The van der Waals surface area contributed by atoms with Crippen molar-refractivity contribution in [3.8, 4) is 11.4 Å². The van der Waals surface area contributed by atoms with Crippen LogP contribution in [-0.4, -0.2) is 29.8 Å². The molecule has 6 aromatic rings. The lowest BCUT2D eigenvalue weighted by Gasteiger charge is -2.09. The largest absolute Gasteiger partial charge is 0.397 e. The van der Waals surface area contributed by atoms with Gasteiger partial charge in [-0.3, -0.25) is 9.20 Å². The second-order valence-electron chi connectivity index (χ2n) is 8.37. The van der Waals surface area contributed by atoms with Gasteiger partial charge in [-0.25, -0.2) is 15.0 Å². The summed E-state index contributed by atoms with van der Waals surface area (Å²) in [7, 11) is 0. The molecule has 2 aromatic carbocycles. The third-order valence-electron chi connectivity index (χ3n) is 5.89. The van der Waals surface area contributed by atoms with E-state index in [-0.39, 0.29) is 5.91 Å². The maximum absolute atomic E-state index is 12.6. The molecule has 4 aromatic heterocycles. The van der Waals surface area contributed by atoms with Crippen molar-refractivity contribution in [2.24, 2.45) is 0 Å². The van der Waals surface area contributed by atoms with Crippen LogP contribution in [0.5, 0.6) is 0 Å². The Kier molecular flexibility index (Phi) is 5.83. The van der Waals surface area contributed by atoms with Crippen LogP contribution in [0.2, 0.25) is 0 Å². The second-order valence-corrected chi connectivity index (χ2v) is 9.23. The first-order valence-electron chi connectivity index (χ1n) is 11.5. The number of aromatic nitrogens is 5. The number of nitrogen functional groups attached to an aromatic ring is 1. The van der Waals surface area contributed by atoms with Gasteiger partial charge in [0.25, 0.3) is 5.91 Å². The SMILES string of the molecule is Nc1ccccc1NC(=O)c1ccc(Nc2nc(-c3cnc4cccc(Cn5ccnc5)n34)cs2)cc1. The van der Waals surface area contributed by atoms with E-state index >= 15 is 0 Å². The number of hydrogen-bond donors (Lipinski definition) is 3. The molecule has 0 saturated carbocycles. The average molecular weight is 507 g/mol. The van der Waals surface area contributed by atoms with Crippen molar-refractivity contribution in [1.82, 2.24) is 23.9 Å². The first-order chi connectivity index (χ1) is 18.1. The Labute approximate surface area is 216 Å². The molecule has 1 amide bonds. The molecule has 0 spiro atoms. The molecule has 0 radical (unpaired) electrons. The van der Waals surface area contributed by atoms with Crippen LogP contribution in [0.15, 0.2) is 97.0 Å². The lowest BCUT2D eigenvalue weighted by Crippen LogP contribution is -2.13. The Morgan fingerprint density at radius 1 is 1.03 bits per heavy atom. The predicted molar refractivity (Wildman–Crippen MR) is 146 cm³/mol. The summed E-state index contributed by atoms with van der Waals surface area (Å²) in [6.45, 7) is 0.673. The number of anilines is 4. The van der Waals surface area contributed by atoms with Gasteiger partial charge >= 0.3 is 0 Å². The Balaban J connectivity index is 1.19. The van der Waals surface area contributed by atoms with E-state index in [1.807, 2.05) is 58.7 Å². The van der Waals surface area contributed by atoms with Gasteiger partial charge < -0.3 is 20.9 Å². The van der Waals surface area contributed by atoms with E-state index in [9.17, 15) is 4.79 Å². The zero-order valence-electron chi connectivity index (χ0n) is 19.6. The molecule has 6 rings (SSSR count). The molecular formula is C27H22N8OS. The number of nitrogens with one attached hydrogen (secondary N) is 2. The number of imidazole rings is 2. The van der Waals surface area contributed by atoms with Gasteiger partial charge in [-0.1, -0.05) is 18.2 Å². The van der Waals surface area contributed by atoms with E-state index < -0.39 is 0 Å². The normalized spacial score (nSPS) is 11.0. The van der Waals surface area contributed by atoms with Crippen LogP contribution >= 0.6 is 11.3 Å². The molecule has 0 aliphatic heterocycles. The summed E-state index contributed by atoms with van der Waals surface area (Å²) in [5.74, 6) is -0.222. The van der Waals surface area contributed by atoms with E-state index in [4.69, 9.17) is 10.7 Å². The highest BCUT2D eigenvalue weighted by Crippen LogP contribution is 2.29. The monoisotopic (exact) mass is 506 g/mol. The van der Waals surface area contributed by atoms with Crippen LogP contribution in [0.3, 0.4) is 0 Å². The summed E-state index contributed by atoms with van der Waals surface area (Å²) in [6.07, 6.45) is 7.35. The van der Waals surface area contributed by atoms with E-state index in [1.54, 1.807) is 36.8 Å². The lowest BCUT2D eigenvalue weighted by atomic mass is 10.2. The number of hydrogen-bond acceptors (Lipinski definition) is 7. The van der Waals surface area contributed by atoms with Crippen LogP contribution in [-0.2, 0) is 6.54 Å². The lowest BCUT2D eigenvalue weighted by molar-refractivity contribution is 0.102. The zero-order chi connectivity index (χ0) is 25.2. The van der Waals surface area contributed by atoms with Gasteiger partial charge in [0.1, 0.15) is 11.3 Å². The molecule has 4 N–H and O–H groups in total. The van der Waals surface area contributed by atoms with Gasteiger partial charge in [0, 0.05) is 34.7 Å². The maximum Gasteiger partial charge on any atom is 0.255 e. The summed E-state index contributed by atoms with van der Waals surface area (Å²) in [5, 5.41) is 8.91. The smallest absolute Gasteiger partial charge is 0.255 e. The number of nitrogens with zero attached hydrogens (tertiary/aromatic N) is 5. The molecule has 0 fully saturated rings. The Hall–Kier alpha value is -4.96.